The highest BCUT2D eigenvalue weighted by Crippen LogP contribution is 2.33. The van der Waals surface area contributed by atoms with Crippen molar-refractivity contribution in [1.82, 2.24) is 9.88 Å². The molecule has 132 valence electrons. The van der Waals surface area contributed by atoms with Crippen molar-refractivity contribution in [3.8, 4) is 0 Å². The summed E-state index contributed by atoms with van der Waals surface area (Å²) in [5, 5.41) is 3.92. The summed E-state index contributed by atoms with van der Waals surface area (Å²) < 4.78 is 25.6. The first-order valence-electron chi connectivity index (χ1n) is 8.52. The monoisotopic (exact) mass is 359 g/mol. The SMILES string of the molecule is C=Cc1cc(N2CCS(=O)(=O)CC2)c2c(c1)cc1n2CCCNC1=O. The topological polar surface area (TPSA) is 71.4 Å². The van der Waals surface area contributed by atoms with Crippen LogP contribution < -0.4 is 10.2 Å². The lowest BCUT2D eigenvalue weighted by Gasteiger charge is -2.30. The number of nitrogens with one attached hydrogen (secondary N) is 1. The van der Waals surface area contributed by atoms with Crippen LogP contribution in [-0.2, 0) is 16.4 Å². The van der Waals surface area contributed by atoms with Gasteiger partial charge in [-0.25, -0.2) is 8.42 Å². The lowest BCUT2D eigenvalue weighted by atomic mass is 10.1. The number of sulfone groups is 1. The second kappa shape index (κ2) is 5.91. The van der Waals surface area contributed by atoms with Crippen LogP contribution in [0.1, 0.15) is 22.5 Å². The summed E-state index contributed by atoms with van der Waals surface area (Å²) in [4.78, 5) is 14.5. The number of fused-ring (bicyclic) bond motifs is 3. The van der Waals surface area contributed by atoms with Gasteiger partial charge in [0.2, 0.25) is 0 Å². The first kappa shape index (κ1) is 16.2. The molecule has 1 N–H and O–H groups in total. The van der Waals surface area contributed by atoms with Crippen LogP contribution in [0.15, 0.2) is 24.8 Å². The summed E-state index contributed by atoms with van der Waals surface area (Å²) >= 11 is 0. The van der Waals surface area contributed by atoms with Crippen LogP contribution in [0, 0.1) is 0 Å². The van der Waals surface area contributed by atoms with Crippen LogP contribution in [0.4, 0.5) is 5.69 Å². The Bertz CT molecular complexity index is 961. The zero-order chi connectivity index (χ0) is 17.6. The number of amides is 1. The summed E-state index contributed by atoms with van der Waals surface area (Å²) in [5.41, 5.74) is 3.64. The molecule has 1 aromatic heterocycles. The van der Waals surface area contributed by atoms with E-state index in [0.29, 0.717) is 25.3 Å². The second-order valence-electron chi connectivity index (χ2n) is 6.61. The van der Waals surface area contributed by atoms with E-state index in [1.165, 1.54) is 0 Å². The Morgan fingerprint density at radius 3 is 2.60 bits per heavy atom. The van der Waals surface area contributed by atoms with Gasteiger partial charge in [0.1, 0.15) is 5.69 Å². The van der Waals surface area contributed by atoms with E-state index in [1.807, 2.05) is 18.2 Å². The molecule has 0 unspecified atom stereocenters. The largest absolute Gasteiger partial charge is 0.368 e. The highest BCUT2D eigenvalue weighted by molar-refractivity contribution is 7.91. The Labute approximate surface area is 147 Å². The van der Waals surface area contributed by atoms with Crippen LogP contribution in [-0.4, -0.2) is 50.0 Å². The number of carbonyl (C=O) groups is 1. The number of hydrogen-bond acceptors (Lipinski definition) is 4. The maximum Gasteiger partial charge on any atom is 0.267 e. The van der Waals surface area contributed by atoms with E-state index in [4.69, 9.17) is 0 Å². The third-order valence-electron chi connectivity index (χ3n) is 4.99. The Morgan fingerprint density at radius 1 is 1.12 bits per heavy atom. The Kier molecular flexibility index (Phi) is 3.83. The van der Waals surface area contributed by atoms with Crippen LogP contribution in [0.25, 0.3) is 17.0 Å². The van der Waals surface area contributed by atoms with E-state index in [0.717, 1.165) is 35.1 Å². The molecule has 0 bridgehead atoms. The van der Waals surface area contributed by atoms with Crippen molar-refractivity contribution in [3.63, 3.8) is 0 Å². The molecule has 0 radical (unpaired) electrons. The molecule has 1 saturated heterocycles. The molecule has 0 spiro atoms. The van der Waals surface area contributed by atoms with Gasteiger partial charge < -0.3 is 14.8 Å². The van der Waals surface area contributed by atoms with Crippen molar-refractivity contribution < 1.29 is 13.2 Å². The number of hydrogen-bond donors (Lipinski definition) is 1. The molecule has 0 saturated carbocycles. The second-order valence-corrected chi connectivity index (χ2v) is 8.92. The van der Waals surface area contributed by atoms with Gasteiger partial charge in [-0.3, -0.25) is 4.79 Å². The highest BCUT2D eigenvalue weighted by Gasteiger charge is 2.26. The lowest BCUT2D eigenvalue weighted by Crippen LogP contribution is -2.40. The zero-order valence-corrected chi connectivity index (χ0v) is 14.8. The molecule has 4 rings (SSSR count). The van der Waals surface area contributed by atoms with Gasteiger partial charge >= 0.3 is 0 Å². The minimum Gasteiger partial charge on any atom is -0.368 e. The van der Waals surface area contributed by atoms with Crippen molar-refractivity contribution in [2.45, 2.75) is 13.0 Å². The number of carbonyl (C=O) groups excluding carboxylic acids is 1. The Morgan fingerprint density at radius 2 is 1.88 bits per heavy atom. The fraction of sp³-hybridized carbons (Fsp3) is 0.389. The van der Waals surface area contributed by atoms with Crippen LogP contribution in [0.5, 0.6) is 0 Å². The minimum atomic E-state index is -2.94. The zero-order valence-electron chi connectivity index (χ0n) is 14.0. The van der Waals surface area contributed by atoms with Gasteiger partial charge in [-0.05, 0) is 30.2 Å². The average Bonchev–Trinajstić information content (AvgIpc) is 2.87. The fourth-order valence-electron chi connectivity index (χ4n) is 3.68. The van der Waals surface area contributed by atoms with E-state index >= 15 is 0 Å². The van der Waals surface area contributed by atoms with Crippen LogP contribution >= 0.6 is 0 Å². The van der Waals surface area contributed by atoms with Gasteiger partial charge in [-0.15, -0.1) is 0 Å². The predicted octanol–water partition coefficient (Wildman–Crippen LogP) is 1.65. The van der Waals surface area contributed by atoms with Gasteiger partial charge in [0.15, 0.2) is 9.84 Å². The van der Waals surface area contributed by atoms with Crippen LogP contribution in [0.3, 0.4) is 0 Å². The molecule has 1 aromatic carbocycles. The molecule has 2 aliphatic heterocycles. The Hall–Kier alpha value is -2.28. The summed E-state index contributed by atoms with van der Waals surface area (Å²) in [6.07, 6.45) is 2.66. The summed E-state index contributed by atoms with van der Waals surface area (Å²) in [7, 11) is -2.94. The van der Waals surface area contributed by atoms with Crippen molar-refractivity contribution in [1.29, 1.82) is 0 Å². The number of rotatable bonds is 2. The molecule has 25 heavy (non-hydrogen) atoms. The first-order valence-corrected chi connectivity index (χ1v) is 10.3. The number of aromatic nitrogens is 1. The molecule has 1 fully saturated rings. The molecule has 7 heteroatoms. The van der Waals surface area contributed by atoms with Crippen molar-refractivity contribution in [3.05, 3.63) is 36.0 Å². The smallest absolute Gasteiger partial charge is 0.267 e. The first-order chi connectivity index (χ1) is 12.0. The Balaban J connectivity index is 1.90. The maximum absolute atomic E-state index is 12.4. The third kappa shape index (κ3) is 2.82. The molecule has 0 aliphatic carbocycles. The predicted molar refractivity (Wildman–Crippen MR) is 99.8 cm³/mol. The quantitative estimate of drug-likeness (QED) is 0.885. The van der Waals surface area contributed by atoms with E-state index in [9.17, 15) is 13.2 Å². The third-order valence-corrected chi connectivity index (χ3v) is 6.60. The fourth-order valence-corrected chi connectivity index (χ4v) is 4.88. The van der Waals surface area contributed by atoms with Crippen LogP contribution in [0.2, 0.25) is 0 Å². The van der Waals surface area contributed by atoms with Gasteiger partial charge in [0.25, 0.3) is 5.91 Å². The van der Waals surface area contributed by atoms with E-state index in [-0.39, 0.29) is 17.4 Å². The summed E-state index contributed by atoms with van der Waals surface area (Å²) in [6.45, 7) is 6.25. The number of benzene rings is 1. The van der Waals surface area contributed by atoms with Crippen molar-refractivity contribution >= 4 is 38.4 Å². The number of nitrogens with zero attached hydrogens (tertiary/aromatic N) is 2. The molecular formula is C18H21N3O3S. The maximum atomic E-state index is 12.4. The van der Waals surface area contributed by atoms with Gasteiger partial charge in [0.05, 0.1) is 22.7 Å². The van der Waals surface area contributed by atoms with Crippen molar-refractivity contribution in [2.24, 2.45) is 0 Å². The number of anilines is 1. The standard InChI is InChI=1S/C18H21N3O3S/c1-2-13-10-14-12-16-18(22)19-4-3-5-21(16)17(14)15(11-13)20-6-8-25(23,24)9-7-20/h2,10-12H,1,3-9H2,(H,19,22). The van der Waals surface area contributed by atoms with E-state index in [1.54, 1.807) is 6.08 Å². The molecule has 2 aromatic rings. The lowest BCUT2D eigenvalue weighted by molar-refractivity contribution is 0.0951. The highest BCUT2D eigenvalue weighted by atomic mass is 32.2. The average molecular weight is 359 g/mol. The molecular weight excluding hydrogens is 338 g/mol. The normalized spacial score (nSPS) is 20.0. The molecule has 3 heterocycles. The van der Waals surface area contributed by atoms with E-state index in [2.05, 4.69) is 21.4 Å². The molecule has 6 nitrogen and oxygen atoms in total. The van der Waals surface area contributed by atoms with Crippen molar-refractivity contribution in [2.75, 3.05) is 36.0 Å². The van der Waals surface area contributed by atoms with Gasteiger partial charge in [-0.1, -0.05) is 12.7 Å². The molecule has 0 atom stereocenters. The number of aryl methyl sites for hydroxylation is 1. The molecule has 2 aliphatic rings. The van der Waals surface area contributed by atoms with Gasteiger partial charge in [-0.2, -0.15) is 0 Å². The van der Waals surface area contributed by atoms with Gasteiger partial charge in [0, 0.05) is 31.6 Å². The summed E-state index contributed by atoms with van der Waals surface area (Å²) in [6, 6.07) is 6.00. The minimum absolute atomic E-state index is 0.0546. The van der Waals surface area contributed by atoms with E-state index < -0.39 is 9.84 Å². The molecule has 1 amide bonds. The summed E-state index contributed by atoms with van der Waals surface area (Å²) in [5.74, 6) is 0.280.